The number of urea groups is 1. The van der Waals surface area contributed by atoms with E-state index in [0.29, 0.717) is 31.2 Å². The van der Waals surface area contributed by atoms with Crippen LogP contribution >= 0.6 is 0 Å². The van der Waals surface area contributed by atoms with Crippen LogP contribution < -0.4 is 15.8 Å². The van der Waals surface area contributed by atoms with Crippen molar-refractivity contribution >= 4 is 23.5 Å². The lowest BCUT2D eigenvalue weighted by atomic mass is 9.83. The summed E-state index contributed by atoms with van der Waals surface area (Å²) in [6.45, 7) is 5.85. The molecule has 172 valence electrons. The van der Waals surface area contributed by atoms with Crippen LogP contribution in [0.5, 0.6) is 0 Å². The molecule has 3 aliphatic heterocycles. The Morgan fingerprint density at radius 3 is 2.52 bits per heavy atom. The van der Waals surface area contributed by atoms with Gasteiger partial charge in [-0.05, 0) is 42.0 Å². The minimum Gasteiger partial charge on any atom is -0.342 e. The molecule has 2 bridgehead atoms. The van der Waals surface area contributed by atoms with E-state index in [0.717, 1.165) is 22.6 Å². The average molecular weight is 449 g/mol. The molecule has 4 amide bonds. The number of anilines is 1. The topological polar surface area (TPSA) is 91.7 Å². The van der Waals surface area contributed by atoms with E-state index < -0.39 is 18.0 Å². The first-order valence-corrected chi connectivity index (χ1v) is 11.5. The Labute approximate surface area is 192 Å². The summed E-state index contributed by atoms with van der Waals surface area (Å²) in [6, 6.07) is 11.3. The first-order chi connectivity index (χ1) is 15.8. The molecule has 33 heavy (non-hydrogen) atoms. The second kappa shape index (κ2) is 8.17. The number of carbonyl (C=O) groups excluding carboxylic acids is 3. The zero-order valence-corrected chi connectivity index (χ0v) is 18.9. The molecule has 2 fully saturated rings. The number of hydrogen-bond acceptors (Lipinski definition) is 4. The maximum atomic E-state index is 13.1. The molecule has 1 N–H and O–H groups in total. The van der Waals surface area contributed by atoms with Crippen molar-refractivity contribution in [2.75, 3.05) is 18.0 Å². The molecule has 0 radical (unpaired) electrons. The third-order valence-corrected chi connectivity index (χ3v) is 7.05. The van der Waals surface area contributed by atoms with Crippen LogP contribution in [0, 0.1) is 5.92 Å². The van der Waals surface area contributed by atoms with Gasteiger partial charge in [0.25, 0.3) is 11.5 Å². The number of likely N-dealkylation sites (tertiary alicyclic amines) is 1. The molecule has 0 aliphatic carbocycles. The van der Waals surface area contributed by atoms with E-state index in [9.17, 15) is 19.2 Å². The molecular weight excluding hydrogens is 420 g/mol. The number of piperidine rings is 1. The Morgan fingerprint density at radius 2 is 1.79 bits per heavy atom. The predicted molar refractivity (Wildman–Crippen MR) is 123 cm³/mol. The summed E-state index contributed by atoms with van der Waals surface area (Å²) in [5, 5.41) is 2.68. The third kappa shape index (κ3) is 3.83. The van der Waals surface area contributed by atoms with Crippen LogP contribution in [0.3, 0.4) is 0 Å². The summed E-state index contributed by atoms with van der Waals surface area (Å²) in [5.74, 6) is 0.124. The molecule has 8 nitrogen and oxygen atoms in total. The van der Waals surface area contributed by atoms with Gasteiger partial charge in [0.2, 0.25) is 5.91 Å². The van der Waals surface area contributed by atoms with Gasteiger partial charge >= 0.3 is 6.03 Å². The second-order valence-electron chi connectivity index (χ2n) is 9.62. The van der Waals surface area contributed by atoms with Gasteiger partial charge in [-0.1, -0.05) is 32.0 Å². The molecule has 5 rings (SSSR count). The van der Waals surface area contributed by atoms with Gasteiger partial charge in [-0.2, -0.15) is 0 Å². The largest absolute Gasteiger partial charge is 0.342 e. The fourth-order valence-electron chi connectivity index (χ4n) is 5.33. The number of nitrogens with one attached hydrogen (secondary N) is 1. The van der Waals surface area contributed by atoms with E-state index >= 15 is 0 Å². The van der Waals surface area contributed by atoms with Crippen molar-refractivity contribution in [3.05, 3.63) is 64.1 Å². The van der Waals surface area contributed by atoms with Gasteiger partial charge in [0, 0.05) is 37.3 Å². The number of amides is 4. The maximum Gasteiger partial charge on any atom is 0.329 e. The van der Waals surface area contributed by atoms with Crippen molar-refractivity contribution in [1.82, 2.24) is 14.8 Å². The lowest BCUT2D eigenvalue weighted by molar-refractivity contribution is -0.136. The number of imide groups is 1. The molecule has 3 atom stereocenters. The van der Waals surface area contributed by atoms with Crippen molar-refractivity contribution in [2.24, 2.45) is 5.92 Å². The minimum atomic E-state index is -0.869. The van der Waals surface area contributed by atoms with Gasteiger partial charge in [0.1, 0.15) is 6.04 Å². The van der Waals surface area contributed by atoms with Gasteiger partial charge in [-0.25, -0.2) is 9.69 Å². The van der Waals surface area contributed by atoms with Gasteiger partial charge in [-0.3, -0.25) is 14.4 Å². The van der Waals surface area contributed by atoms with Gasteiger partial charge in [0.15, 0.2) is 0 Å². The molecule has 2 unspecified atom stereocenters. The molecule has 1 aromatic heterocycles. The van der Waals surface area contributed by atoms with Crippen LogP contribution in [0.25, 0.3) is 0 Å². The Kier molecular flexibility index (Phi) is 5.31. The molecular formula is C25H28N4O4. The molecule has 3 aliphatic rings. The number of rotatable bonds is 4. The Balaban J connectivity index is 1.27. The first-order valence-electron chi connectivity index (χ1n) is 11.5. The van der Waals surface area contributed by atoms with Crippen LogP contribution in [0.15, 0.2) is 47.3 Å². The van der Waals surface area contributed by atoms with Crippen molar-refractivity contribution in [3.63, 3.8) is 0 Å². The van der Waals surface area contributed by atoms with Gasteiger partial charge in [0.05, 0.1) is 12.1 Å². The van der Waals surface area contributed by atoms with Crippen molar-refractivity contribution < 1.29 is 14.4 Å². The van der Waals surface area contributed by atoms with E-state index in [4.69, 9.17) is 0 Å². The van der Waals surface area contributed by atoms with Crippen LogP contribution in [-0.2, 0) is 16.1 Å². The average Bonchev–Trinajstić information content (AvgIpc) is 3.07. The molecule has 8 heteroatoms. The van der Waals surface area contributed by atoms with E-state index in [1.165, 1.54) is 0 Å². The zero-order chi connectivity index (χ0) is 23.3. The second-order valence-corrected chi connectivity index (χ2v) is 9.62. The highest BCUT2D eigenvalue weighted by Gasteiger charge is 2.42. The van der Waals surface area contributed by atoms with Crippen LogP contribution in [0.1, 0.15) is 49.8 Å². The van der Waals surface area contributed by atoms with Crippen LogP contribution in [0.4, 0.5) is 10.5 Å². The lowest BCUT2D eigenvalue weighted by Crippen LogP contribution is -2.50. The highest BCUT2D eigenvalue weighted by Crippen LogP contribution is 2.35. The summed E-state index contributed by atoms with van der Waals surface area (Å²) >= 11 is 0. The Bertz CT molecular complexity index is 1170. The van der Waals surface area contributed by atoms with Crippen molar-refractivity contribution in [1.29, 1.82) is 0 Å². The highest BCUT2D eigenvalue weighted by atomic mass is 16.2. The summed E-state index contributed by atoms with van der Waals surface area (Å²) in [7, 11) is 0. The third-order valence-electron chi connectivity index (χ3n) is 7.05. The minimum absolute atomic E-state index is 0.00256. The molecule has 0 saturated carbocycles. The van der Waals surface area contributed by atoms with Crippen LogP contribution in [0.2, 0.25) is 0 Å². The molecule has 4 heterocycles. The van der Waals surface area contributed by atoms with Gasteiger partial charge in [-0.15, -0.1) is 0 Å². The highest BCUT2D eigenvalue weighted by molar-refractivity contribution is 6.22. The predicted octanol–water partition coefficient (Wildman–Crippen LogP) is 2.43. The van der Waals surface area contributed by atoms with Crippen molar-refractivity contribution in [3.8, 4) is 0 Å². The standard InChI is InChI=1S/C25H28N4O4/c1-15(2)17-6-8-19(9-7-17)29-24(32)20(26-25(29)33)11-23(31)27-12-16-10-18(14-27)21-4-3-5-22(30)28(21)13-16/h3-9,15-16,18,20H,10-14H2,1-2H3,(H,26,33)/t16?,18?,20-/m0/s1. The molecule has 2 saturated heterocycles. The quantitative estimate of drug-likeness (QED) is 0.728. The summed E-state index contributed by atoms with van der Waals surface area (Å²) in [6.07, 6.45) is 0.888. The number of benzene rings is 1. The summed E-state index contributed by atoms with van der Waals surface area (Å²) in [4.78, 5) is 53.8. The van der Waals surface area contributed by atoms with Crippen LogP contribution in [-0.4, -0.2) is 46.4 Å². The Morgan fingerprint density at radius 1 is 1.03 bits per heavy atom. The number of nitrogens with zero attached hydrogens (tertiary/aromatic N) is 3. The fraction of sp³-hybridized carbons (Fsp3) is 0.440. The number of aromatic nitrogens is 1. The fourth-order valence-corrected chi connectivity index (χ4v) is 5.33. The monoisotopic (exact) mass is 448 g/mol. The maximum absolute atomic E-state index is 13.1. The normalized spacial score (nSPS) is 24.2. The lowest BCUT2D eigenvalue weighted by Gasteiger charge is -2.43. The summed E-state index contributed by atoms with van der Waals surface area (Å²) < 4.78 is 1.82. The first kappa shape index (κ1) is 21.4. The zero-order valence-electron chi connectivity index (χ0n) is 18.9. The number of carbonyl (C=O) groups is 3. The van der Waals surface area contributed by atoms with Crippen molar-refractivity contribution in [2.45, 2.75) is 51.1 Å². The van der Waals surface area contributed by atoms with E-state index in [2.05, 4.69) is 19.2 Å². The Hall–Kier alpha value is -3.42. The van der Waals surface area contributed by atoms with E-state index in [-0.39, 0.29) is 29.7 Å². The number of fused-ring (bicyclic) bond motifs is 4. The van der Waals surface area contributed by atoms with Gasteiger partial charge < -0.3 is 14.8 Å². The number of hydrogen-bond donors (Lipinski definition) is 1. The number of pyridine rings is 1. The van der Waals surface area contributed by atoms with E-state index in [1.54, 1.807) is 29.2 Å². The molecule has 0 spiro atoms. The molecule has 1 aromatic carbocycles. The van der Waals surface area contributed by atoms with E-state index in [1.807, 2.05) is 22.8 Å². The summed E-state index contributed by atoms with van der Waals surface area (Å²) in [5.41, 5.74) is 2.60. The molecule has 2 aromatic rings. The SMILES string of the molecule is CC(C)c1ccc(N2C(=O)N[C@@H](CC(=O)N3CC4CC(C3)c3cccc(=O)n3C4)C2=O)cc1. The smallest absolute Gasteiger partial charge is 0.329 e.